The number of carbonyl (C=O) groups excluding carboxylic acids is 1. The Labute approximate surface area is 107 Å². The molecule has 0 rings (SSSR count). The molecule has 0 aliphatic carbocycles. The van der Waals surface area contributed by atoms with Gasteiger partial charge in [0.25, 0.3) is 0 Å². The molecule has 0 aliphatic rings. The van der Waals surface area contributed by atoms with Gasteiger partial charge in [-0.15, -0.1) is 0 Å². The summed E-state index contributed by atoms with van der Waals surface area (Å²) in [4.78, 5) is 11.5. The van der Waals surface area contributed by atoms with Gasteiger partial charge in [0, 0.05) is 35.8 Å². The molecule has 1 unspecified atom stereocenters. The standard InChI is InChI=1S/C12H26N2O2S/c1-12(2,7-8-13)6-5-11(15)14-9-4-10-17(3)16/h4-10,13H2,1-3H3,(H,14,15). The highest BCUT2D eigenvalue weighted by atomic mass is 32.2. The van der Waals surface area contributed by atoms with Gasteiger partial charge < -0.3 is 11.1 Å². The van der Waals surface area contributed by atoms with Crippen LogP contribution in [0.15, 0.2) is 0 Å². The van der Waals surface area contributed by atoms with Crippen LogP contribution in [0.2, 0.25) is 0 Å². The van der Waals surface area contributed by atoms with Gasteiger partial charge in [0.2, 0.25) is 5.91 Å². The minimum atomic E-state index is -0.766. The van der Waals surface area contributed by atoms with E-state index in [4.69, 9.17) is 5.73 Å². The Balaban J connectivity index is 3.62. The maximum Gasteiger partial charge on any atom is 0.220 e. The zero-order chi connectivity index (χ0) is 13.3. The third kappa shape index (κ3) is 10.5. The van der Waals surface area contributed by atoms with Crippen molar-refractivity contribution in [2.45, 2.75) is 39.5 Å². The Morgan fingerprint density at radius 3 is 2.53 bits per heavy atom. The highest BCUT2D eigenvalue weighted by molar-refractivity contribution is 7.84. The van der Waals surface area contributed by atoms with Crippen LogP contribution in [-0.2, 0) is 15.6 Å². The molecule has 4 nitrogen and oxygen atoms in total. The highest BCUT2D eigenvalue weighted by Gasteiger charge is 2.17. The van der Waals surface area contributed by atoms with Crippen molar-refractivity contribution in [1.29, 1.82) is 0 Å². The molecule has 1 amide bonds. The topological polar surface area (TPSA) is 72.2 Å². The monoisotopic (exact) mass is 262 g/mol. The summed E-state index contributed by atoms with van der Waals surface area (Å²) < 4.78 is 10.8. The number of carbonyl (C=O) groups is 1. The molecule has 0 spiro atoms. The van der Waals surface area contributed by atoms with E-state index < -0.39 is 10.8 Å². The van der Waals surface area contributed by atoms with Crippen molar-refractivity contribution >= 4 is 16.7 Å². The van der Waals surface area contributed by atoms with Gasteiger partial charge in [-0.05, 0) is 31.2 Å². The number of amides is 1. The summed E-state index contributed by atoms with van der Waals surface area (Å²) in [7, 11) is -0.766. The van der Waals surface area contributed by atoms with Crippen LogP contribution in [-0.4, -0.2) is 35.2 Å². The minimum absolute atomic E-state index is 0.0805. The van der Waals surface area contributed by atoms with E-state index in [0.717, 1.165) is 19.3 Å². The summed E-state index contributed by atoms with van der Waals surface area (Å²) in [6.45, 7) is 5.55. The van der Waals surface area contributed by atoms with Crippen molar-refractivity contribution in [3.63, 3.8) is 0 Å². The third-order valence-corrected chi connectivity index (χ3v) is 3.64. The van der Waals surface area contributed by atoms with Gasteiger partial charge in [-0.25, -0.2) is 0 Å². The lowest BCUT2D eigenvalue weighted by Crippen LogP contribution is -2.27. The Morgan fingerprint density at radius 1 is 1.35 bits per heavy atom. The molecule has 0 aromatic carbocycles. The summed E-state index contributed by atoms with van der Waals surface area (Å²) in [5.74, 6) is 0.732. The molecule has 0 radical (unpaired) electrons. The van der Waals surface area contributed by atoms with Gasteiger partial charge in [-0.2, -0.15) is 0 Å². The van der Waals surface area contributed by atoms with Crippen LogP contribution < -0.4 is 11.1 Å². The first-order valence-corrected chi connectivity index (χ1v) is 7.87. The zero-order valence-electron chi connectivity index (χ0n) is 11.3. The van der Waals surface area contributed by atoms with Gasteiger partial charge >= 0.3 is 0 Å². The van der Waals surface area contributed by atoms with Crippen molar-refractivity contribution < 1.29 is 9.00 Å². The first kappa shape index (κ1) is 16.6. The average Bonchev–Trinajstić information content (AvgIpc) is 2.21. The van der Waals surface area contributed by atoms with Crippen molar-refractivity contribution in [1.82, 2.24) is 5.32 Å². The Hall–Kier alpha value is -0.420. The SMILES string of the molecule is CS(=O)CCCNC(=O)CCC(C)(C)CCN. The summed E-state index contributed by atoms with van der Waals surface area (Å²) in [5, 5.41) is 2.85. The third-order valence-electron chi connectivity index (χ3n) is 2.78. The molecule has 0 heterocycles. The van der Waals surface area contributed by atoms with Gasteiger partial charge in [0.15, 0.2) is 0 Å². The first-order chi connectivity index (χ1) is 7.87. The fourth-order valence-corrected chi connectivity index (χ4v) is 2.11. The zero-order valence-corrected chi connectivity index (χ0v) is 12.1. The predicted octanol–water partition coefficient (Wildman–Crippen LogP) is 1.03. The van der Waals surface area contributed by atoms with Crippen LogP contribution in [0.25, 0.3) is 0 Å². The summed E-state index contributed by atoms with van der Waals surface area (Å²) >= 11 is 0. The van der Waals surface area contributed by atoms with Crippen LogP contribution in [0.3, 0.4) is 0 Å². The molecule has 5 heteroatoms. The van der Waals surface area contributed by atoms with Gasteiger partial charge in [-0.3, -0.25) is 9.00 Å². The maximum atomic E-state index is 11.5. The number of hydrogen-bond donors (Lipinski definition) is 2. The van der Waals surface area contributed by atoms with E-state index in [-0.39, 0.29) is 11.3 Å². The van der Waals surface area contributed by atoms with E-state index in [1.54, 1.807) is 6.26 Å². The summed E-state index contributed by atoms with van der Waals surface area (Å²) in [5.41, 5.74) is 5.65. The minimum Gasteiger partial charge on any atom is -0.356 e. The highest BCUT2D eigenvalue weighted by Crippen LogP contribution is 2.25. The number of nitrogens with two attached hydrogens (primary N) is 1. The lowest BCUT2D eigenvalue weighted by atomic mass is 9.84. The van der Waals surface area contributed by atoms with Crippen molar-refractivity contribution in [2.24, 2.45) is 11.1 Å². The second kappa shape index (κ2) is 8.64. The van der Waals surface area contributed by atoms with E-state index in [2.05, 4.69) is 19.2 Å². The molecule has 0 aromatic rings. The normalized spacial score (nSPS) is 13.4. The Kier molecular flexibility index (Phi) is 8.43. The van der Waals surface area contributed by atoms with E-state index in [1.165, 1.54) is 0 Å². The van der Waals surface area contributed by atoms with Crippen molar-refractivity contribution in [2.75, 3.05) is 25.1 Å². The Morgan fingerprint density at radius 2 is 2.00 bits per heavy atom. The van der Waals surface area contributed by atoms with E-state index in [0.29, 0.717) is 25.3 Å². The second-order valence-corrected chi connectivity index (χ2v) is 6.74. The molecule has 0 bridgehead atoms. The van der Waals surface area contributed by atoms with Crippen LogP contribution in [0.1, 0.15) is 39.5 Å². The average molecular weight is 262 g/mol. The molecule has 0 saturated heterocycles. The summed E-state index contributed by atoms with van der Waals surface area (Å²) in [6.07, 6.45) is 4.80. The van der Waals surface area contributed by atoms with E-state index >= 15 is 0 Å². The molecular weight excluding hydrogens is 236 g/mol. The van der Waals surface area contributed by atoms with Crippen LogP contribution in [0.4, 0.5) is 0 Å². The van der Waals surface area contributed by atoms with Gasteiger partial charge in [0.1, 0.15) is 0 Å². The van der Waals surface area contributed by atoms with Gasteiger partial charge in [0.05, 0.1) is 0 Å². The molecule has 0 saturated carbocycles. The molecule has 17 heavy (non-hydrogen) atoms. The Bertz CT molecular complexity index is 255. The van der Waals surface area contributed by atoms with Crippen LogP contribution in [0, 0.1) is 5.41 Å². The number of hydrogen-bond acceptors (Lipinski definition) is 3. The lowest BCUT2D eigenvalue weighted by molar-refractivity contribution is -0.121. The molecule has 1 atom stereocenters. The van der Waals surface area contributed by atoms with E-state index in [9.17, 15) is 9.00 Å². The van der Waals surface area contributed by atoms with Crippen LogP contribution in [0.5, 0.6) is 0 Å². The number of rotatable bonds is 9. The quantitative estimate of drug-likeness (QED) is 0.610. The van der Waals surface area contributed by atoms with Gasteiger partial charge in [-0.1, -0.05) is 13.8 Å². The lowest BCUT2D eigenvalue weighted by Gasteiger charge is -2.23. The smallest absolute Gasteiger partial charge is 0.220 e. The van der Waals surface area contributed by atoms with Crippen LogP contribution >= 0.6 is 0 Å². The molecule has 0 aromatic heterocycles. The van der Waals surface area contributed by atoms with Crippen molar-refractivity contribution in [3.8, 4) is 0 Å². The second-order valence-electron chi connectivity index (χ2n) is 5.18. The largest absolute Gasteiger partial charge is 0.356 e. The fraction of sp³-hybridized carbons (Fsp3) is 0.917. The fourth-order valence-electron chi connectivity index (χ4n) is 1.56. The maximum absolute atomic E-state index is 11.5. The number of nitrogens with one attached hydrogen (secondary N) is 1. The molecule has 3 N–H and O–H groups in total. The van der Waals surface area contributed by atoms with E-state index in [1.807, 2.05) is 0 Å². The predicted molar refractivity (Wildman–Crippen MR) is 73.2 cm³/mol. The molecule has 0 fully saturated rings. The molecule has 102 valence electrons. The first-order valence-electron chi connectivity index (χ1n) is 6.14. The van der Waals surface area contributed by atoms with Crippen molar-refractivity contribution in [3.05, 3.63) is 0 Å². The molecular formula is C12H26N2O2S. The molecule has 0 aliphatic heterocycles. The summed E-state index contributed by atoms with van der Waals surface area (Å²) in [6, 6.07) is 0.